The smallest absolute Gasteiger partial charge is 0.161 e. The Labute approximate surface area is 114 Å². The van der Waals surface area contributed by atoms with Crippen LogP contribution in [-0.4, -0.2) is 9.97 Å². The molecule has 3 aromatic rings. The molecule has 0 unspecified atom stereocenters. The number of nitrogens with zero attached hydrogens (tertiary/aromatic N) is 2. The summed E-state index contributed by atoms with van der Waals surface area (Å²) in [4.78, 5) is 8.73. The second-order valence-electron chi connectivity index (χ2n) is 4.32. The van der Waals surface area contributed by atoms with Gasteiger partial charge in [0.2, 0.25) is 0 Å². The maximum absolute atomic E-state index is 13.3. The van der Waals surface area contributed by atoms with Gasteiger partial charge in [-0.05, 0) is 30.7 Å². The molecule has 0 radical (unpaired) electrons. The van der Waals surface area contributed by atoms with Crippen LogP contribution in [0.15, 0.2) is 42.5 Å². The van der Waals surface area contributed by atoms with Crippen molar-refractivity contribution in [3.05, 3.63) is 59.0 Å². The molecule has 2 nitrogen and oxygen atoms in total. The van der Waals surface area contributed by atoms with Crippen LogP contribution >= 0.6 is 11.6 Å². The molecule has 4 heteroatoms. The number of fused-ring (bicyclic) bond motifs is 1. The Kier molecular flexibility index (Phi) is 2.91. The summed E-state index contributed by atoms with van der Waals surface area (Å²) in [6.07, 6.45) is 0. The van der Waals surface area contributed by atoms with Crippen LogP contribution in [0.1, 0.15) is 5.56 Å². The summed E-state index contributed by atoms with van der Waals surface area (Å²) in [5, 5.41) is 1.19. The molecule has 1 aromatic heterocycles. The van der Waals surface area contributed by atoms with Gasteiger partial charge in [-0.1, -0.05) is 35.9 Å². The number of para-hydroxylation sites is 1. The van der Waals surface area contributed by atoms with Gasteiger partial charge in [-0.15, -0.1) is 0 Å². The molecule has 0 saturated heterocycles. The summed E-state index contributed by atoms with van der Waals surface area (Å²) in [5.74, 6) is 0.119. The zero-order valence-corrected chi connectivity index (χ0v) is 10.9. The number of hydrogen-bond donors (Lipinski definition) is 0. The molecule has 0 amide bonds. The van der Waals surface area contributed by atoms with E-state index < -0.39 is 0 Å². The summed E-state index contributed by atoms with van der Waals surface area (Å²) < 4.78 is 13.3. The van der Waals surface area contributed by atoms with Crippen LogP contribution in [0.3, 0.4) is 0 Å². The van der Waals surface area contributed by atoms with Crippen molar-refractivity contribution in [3.63, 3.8) is 0 Å². The van der Waals surface area contributed by atoms with Crippen molar-refractivity contribution in [1.29, 1.82) is 0 Å². The van der Waals surface area contributed by atoms with Gasteiger partial charge in [0.25, 0.3) is 0 Å². The lowest BCUT2D eigenvalue weighted by Gasteiger charge is -2.06. The Morgan fingerprint density at radius 2 is 1.84 bits per heavy atom. The van der Waals surface area contributed by atoms with Gasteiger partial charge in [0.05, 0.1) is 5.52 Å². The normalized spacial score (nSPS) is 10.9. The molecule has 0 aliphatic heterocycles. The van der Waals surface area contributed by atoms with Gasteiger partial charge in [0.15, 0.2) is 5.82 Å². The second-order valence-corrected chi connectivity index (χ2v) is 4.68. The Hall–Kier alpha value is -2.00. The van der Waals surface area contributed by atoms with Gasteiger partial charge >= 0.3 is 0 Å². The van der Waals surface area contributed by atoms with Crippen LogP contribution in [0.2, 0.25) is 5.15 Å². The van der Waals surface area contributed by atoms with E-state index in [4.69, 9.17) is 11.6 Å². The molecule has 0 fully saturated rings. The molecule has 2 aromatic carbocycles. The Morgan fingerprint density at radius 1 is 1.05 bits per heavy atom. The average molecular weight is 273 g/mol. The zero-order valence-electron chi connectivity index (χ0n) is 10.2. The van der Waals surface area contributed by atoms with E-state index in [1.54, 1.807) is 12.1 Å². The summed E-state index contributed by atoms with van der Waals surface area (Å²) in [6.45, 7) is 1.96. The van der Waals surface area contributed by atoms with Crippen molar-refractivity contribution in [3.8, 4) is 11.4 Å². The third-order valence-electron chi connectivity index (χ3n) is 2.96. The molecule has 0 aliphatic carbocycles. The fraction of sp³-hybridized carbons (Fsp3) is 0.0667. The molecule has 0 atom stereocenters. The van der Waals surface area contributed by atoms with Crippen LogP contribution in [0.4, 0.5) is 4.39 Å². The van der Waals surface area contributed by atoms with Crippen LogP contribution in [0.25, 0.3) is 22.3 Å². The number of halogens is 2. The summed E-state index contributed by atoms with van der Waals surface area (Å²) in [5.41, 5.74) is 2.42. The van der Waals surface area contributed by atoms with Crippen LogP contribution in [0.5, 0.6) is 0 Å². The molecular weight excluding hydrogens is 263 g/mol. The van der Waals surface area contributed by atoms with E-state index in [-0.39, 0.29) is 5.82 Å². The fourth-order valence-electron chi connectivity index (χ4n) is 2.01. The van der Waals surface area contributed by atoms with E-state index in [1.807, 2.05) is 25.1 Å². The predicted octanol–water partition coefficient (Wildman–Crippen LogP) is 4.40. The maximum atomic E-state index is 13.3. The van der Waals surface area contributed by atoms with E-state index in [0.717, 1.165) is 16.5 Å². The topological polar surface area (TPSA) is 25.8 Å². The molecule has 19 heavy (non-hydrogen) atoms. The van der Waals surface area contributed by atoms with Crippen molar-refractivity contribution in [2.45, 2.75) is 6.92 Å². The van der Waals surface area contributed by atoms with Gasteiger partial charge in [-0.3, -0.25) is 0 Å². The molecule has 0 N–H and O–H groups in total. The third kappa shape index (κ3) is 2.17. The quantitative estimate of drug-likeness (QED) is 0.614. The minimum atomic E-state index is -0.317. The first kappa shape index (κ1) is 12.1. The van der Waals surface area contributed by atoms with E-state index in [0.29, 0.717) is 16.5 Å². The van der Waals surface area contributed by atoms with Gasteiger partial charge in [0.1, 0.15) is 11.0 Å². The largest absolute Gasteiger partial charge is 0.228 e. The van der Waals surface area contributed by atoms with Crippen LogP contribution in [0, 0.1) is 12.7 Å². The first-order valence-electron chi connectivity index (χ1n) is 5.84. The molecule has 0 spiro atoms. The van der Waals surface area contributed by atoms with E-state index >= 15 is 0 Å². The van der Waals surface area contributed by atoms with E-state index in [1.165, 1.54) is 12.1 Å². The molecule has 0 saturated carbocycles. The molecule has 94 valence electrons. The first-order chi connectivity index (χ1) is 9.15. The molecule has 3 rings (SSSR count). The molecule has 0 aliphatic rings. The summed E-state index contributed by atoms with van der Waals surface area (Å²) in [7, 11) is 0. The standard InChI is InChI=1S/C15H10ClFN2/c1-9-4-2-7-12-13(9)18-15(19-14(12)16)10-5-3-6-11(17)8-10/h2-8H,1H3. The monoisotopic (exact) mass is 272 g/mol. The summed E-state index contributed by atoms with van der Waals surface area (Å²) >= 11 is 6.18. The summed E-state index contributed by atoms with van der Waals surface area (Å²) in [6, 6.07) is 11.9. The van der Waals surface area contributed by atoms with Gasteiger partial charge in [-0.2, -0.15) is 0 Å². The second kappa shape index (κ2) is 4.59. The van der Waals surface area contributed by atoms with Gasteiger partial charge in [-0.25, -0.2) is 14.4 Å². The highest BCUT2D eigenvalue weighted by molar-refractivity contribution is 6.34. The van der Waals surface area contributed by atoms with Crippen LogP contribution < -0.4 is 0 Å². The lowest BCUT2D eigenvalue weighted by Crippen LogP contribution is -1.94. The lowest BCUT2D eigenvalue weighted by molar-refractivity contribution is 0.628. The van der Waals surface area contributed by atoms with E-state index in [2.05, 4.69) is 9.97 Å². The number of benzene rings is 2. The van der Waals surface area contributed by atoms with Crippen molar-refractivity contribution in [2.75, 3.05) is 0 Å². The first-order valence-corrected chi connectivity index (χ1v) is 6.22. The Bertz CT molecular complexity index is 771. The van der Waals surface area contributed by atoms with Gasteiger partial charge in [0, 0.05) is 10.9 Å². The molecule has 0 bridgehead atoms. The van der Waals surface area contributed by atoms with Crippen LogP contribution in [-0.2, 0) is 0 Å². The van der Waals surface area contributed by atoms with Crippen molar-refractivity contribution >= 4 is 22.5 Å². The van der Waals surface area contributed by atoms with Crippen molar-refractivity contribution in [1.82, 2.24) is 9.97 Å². The lowest BCUT2D eigenvalue weighted by atomic mass is 10.1. The minimum absolute atomic E-state index is 0.317. The zero-order chi connectivity index (χ0) is 13.4. The van der Waals surface area contributed by atoms with Crippen molar-refractivity contribution in [2.24, 2.45) is 0 Å². The Balaban J connectivity index is 2.29. The highest BCUT2D eigenvalue weighted by atomic mass is 35.5. The average Bonchev–Trinajstić information content (AvgIpc) is 2.40. The highest BCUT2D eigenvalue weighted by Gasteiger charge is 2.09. The highest BCUT2D eigenvalue weighted by Crippen LogP contribution is 2.26. The number of hydrogen-bond acceptors (Lipinski definition) is 2. The molecular formula is C15H10ClFN2. The third-order valence-corrected chi connectivity index (χ3v) is 3.25. The molecule has 1 heterocycles. The SMILES string of the molecule is Cc1cccc2c(Cl)nc(-c3cccc(F)c3)nc12. The fourth-order valence-corrected chi connectivity index (χ4v) is 2.25. The van der Waals surface area contributed by atoms with E-state index in [9.17, 15) is 4.39 Å². The minimum Gasteiger partial charge on any atom is -0.228 e. The van der Waals surface area contributed by atoms with Gasteiger partial charge < -0.3 is 0 Å². The number of aromatic nitrogens is 2. The van der Waals surface area contributed by atoms with Crippen molar-refractivity contribution < 1.29 is 4.39 Å². The number of rotatable bonds is 1. The number of aryl methyl sites for hydroxylation is 1. The predicted molar refractivity (Wildman–Crippen MR) is 74.7 cm³/mol. The maximum Gasteiger partial charge on any atom is 0.161 e. The Morgan fingerprint density at radius 3 is 2.63 bits per heavy atom.